The van der Waals surface area contributed by atoms with E-state index in [9.17, 15) is 9.59 Å². The molecular formula is C18H25N3O3. The van der Waals surface area contributed by atoms with Crippen LogP contribution in [0.3, 0.4) is 0 Å². The van der Waals surface area contributed by atoms with Crippen molar-refractivity contribution in [1.29, 1.82) is 0 Å². The van der Waals surface area contributed by atoms with E-state index >= 15 is 0 Å². The van der Waals surface area contributed by atoms with Crippen LogP contribution in [0.2, 0.25) is 0 Å². The van der Waals surface area contributed by atoms with E-state index in [2.05, 4.69) is 10.6 Å². The van der Waals surface area contributed by atoms with Crippen LogP contribution >= 0.6 is 0 Å². The lowest BCUT2D eigenvalue weighted by molar-refractivity contribution is -0.117. The highest BCUT2D eigenvalue weighted by molar-refractivity contribution is 5.97. The highest BCUT2D eigenvalue weighted by Crippen LogP contribution is 2.25. The molecule has 130 valence electrons. The van der Waals surface area contributed by atoms with Gasteiger partial charge in [0.25, 0.3) is 0 Å². The zero-order valence-corrected chi connectivity index (χ0v) is 14.1. The molecule has 0 spiro atoms. The predicted octanol–water partition coefficient (Wildman–Crippen LogP) is 2.43. The number of methoxy groups -OCH3 is 1. The van der Waals surface area contributed by atoms with Gasteiger partial charge in [0, 0.05) is 30.8 Å². The lowest BCUT2D eigenvalue weighted by Gasteiger charge is -2.24. The summed E-state index contributed by atoms with van der Waals surface area (Å²) in [5, 5.41) is 5.97. The Kier molecular flexibility index (Phi) is 5.23. The summed E-state index contributed by atoms with van der Waals surface area (Å²) in [6.07, 6.45) is 6.04. The number of anilines is 1. The largest absolute Gasteiger partial charge is 0.497 e. The molecule has 2 N–H and O–H groups in total. The van der Waals surface area contributed by atoms with Crippen molar-refractivity contribution in [1.82, 2.24) is 10.6 Å². The van der Waals surface area contributed by atoms with Crippen LogP contribution in [0.15, 0.2) is 24.3 Å². The van der Waals surface area contributed by atoms with Gasteiger partial charge in [0.15, 0.2) is 0 Å². The summed E-state index contributed by atoms with van der Waals surface area (Å²) >= 11 is 0. The van der Waals surface area contributed by atoms with E-state index in [1.165, 1.54) is 19.3 Å². The van der Waals surface area contributed by atoms with Crippen molar-refractivity contribution in [2.24, 2.45) is 0 Å². The highest BCUT2D eigenvalue weighted by Gasteiger charge is 2.32. The Bertz CT molecular complexity index is 599. The van der Waals surface area contributed by atoms with Crippen molar-refractivity contribution in [3.8, 4) is 5.75 Å². The first kappa shape index (κ1) is 16.6. The van der Waals surface area contributed by atoms with Crippen LogP contribution in [-0.2, 0) is 4.79 Å². The molecule has 1 aromatic rings. The zero-order valence-electron chi connectivity index (χ0n) is 14.1. The first-order chi connectivity index (χ1) is 11.7. The van der Waals surface area contributed by atoms with Crippen LogP contribution in [0.5, 0.6) is 5.75 Å². The molecule has 1 aliphatic carbocycles. The summed E-state index contributed by atoms with van der Waals surface area (Å²) in [6, 6.07) is 7.37. The Balaban J connectivity index is 1.55. The minimum atomic E-state index is -0.160. The number of carbonyl (C=O) groups is 2. The second-order valence-electron chi connectivity index (χ2n) is 6.56. The quantitative estimate of drug-likeness (QED) is 0.890. The van der Waals surface area contributed by atoms with Gasteiger partial charge in [-0.2, -0.15) is 0 Å². The number of hydrogen-bond donors (Lipinski definition) is 2. The van der Waals surface area contributed by atoms with Crippen molar-refractivity contribution in [2.45, 2.75) is 50.6 Å². The molecule has 0 bridgehead atoms. The summed E-state index contributed by atoms with van der Waals surface area (Å²) in [7, 11) is 1.60. The fourth-order valence-corrected chi connectivity index (χ4v) is 3.49. The summed E-state index contributed by atoms with van der Waals surface area (Å²) in [5.41, 5.74) is 0.802. The van der Waals surface area contributed by atoms with Crippen LogP contribution < -0.4 is 20.3 Å². The molecule has 6 heteroatoms. The van der Waals surface area contributed by atoms with E-state index in [1.54, 1.807) is 12.0 Å². The van der Waals surface area contributed by atoms with Crippen molar-refractivity contribution < 1.29 is 14.3 Å². The molecule has 1 aliphatic heterocycles. The summed E-state index contributed by atoms with van der Waals surface area (Å²) < 4.78 is 5.21. The Morgan fingerprint density at radius 1 is 1.17 bits per heavy atom. The summed E-state index contributed by atoms with van der Waals surface area (Å²) in [5.74, 6) is 0.734. The van der Waals surface area contributed by atoms with Crippen molar-refractivity contribution in [2.75, 3.05) is 18.6 Å². The van der Waals surface area contributed by atoms with Crippen molar-refractivity contribution >= 4 is 17.6 Å². The van der Waals surface area contributed by atoms with Gasteiger partial charge >= 0.3 is 6.03 Å². The van der Waals surface area contributed by atoms with Gasteiger partial charge in [0.1, 0.15) is 5.75 Å². The molecule has 1 heterocycles. The molecule has 0 radical (unpaired) electrons. The standard InChI is InChI=1S/C18H25N3O3/c1-24-16-9-5-8-15(11-16)21-12-14(10-17(21)22)20-18(23)19-13-6-3-2-4-7-13/h5,8-9,11,13-14H,2-4,6-7,10,12H2,1H3,(H2,19,20,23)/t14-/m1/s1. The number of amides is 3. The summed E-state index contributed by atoms with van der Waals surface area (Å²) in [4.78, 5) is 26.1. The molecule has 24 heavy (non-hydrogen) atoms. The zero-order chi connectivity index (χ0) is 16.9. The van der Waals surface area contributed by atoms with E-state index in [-0.39, 0.29) is 24.0 Å². The van der Waals surface area contributed by atoms with Crippen molar-refractivity contribution in [3.05, 3.63) is 24.3 Å². The third kappa shape index (κ3) is 3.99. The number of carbonyl (C=O) groups excluding carboxylic acids is 2. The maximum atomic E-state index is 12.3. The Morgan fingerprint density at radius 3 is 2.67 bits per heavy atom. The molecule has 0 unspecified atom stereocenters. The minimum absolute atomic E-state index is 0.0196. The van der Waals surface area contributed by atoms with E-state index in [0.29, 0.717) is 18.7 Å². The number of benzene rings is 1. The monoisotopic (exact) mass is 331 g/mol. The highest BCUT2D eigenvalue weighted by atomic mass is 16.5. The van der Waals surface area contributed by atoms with Gasteiger partial charge in [-0.15, -0.1) is 0 Å². The van der Waals surface area contributed by atoms with Gasteiger partial charge in [0.05, 0.1) is 13.2 Å². The van der Waals surface area contributed by atoms with Crippen molar-refractivity contribution in [3.63, 3.8) is 0 Å². The first-order valence-electron chi connectivity index (χ1n) is 8.67. The fourth-order valence-electron chi connectivity index (χ4n) is 3.49. The van der Waals surface area contributed by atoms with E-state index < -0.39 is 0 Å². The average molecular weight is 331 g/mol. The van der Waals surface area contributed by atoms with Crippen LogP contribution in [0.4, 0.5) is 10.5 Å². The summed E-state index contributed by atoms with van der Waals surface area (Å²) in [6.45, 7) is 0.490. The third-order valence-electron chi connectivity index (χ3n) is 4.77. The number of nitrogens with one attached hydrogen (secondary N) is 2. The predicted molar refractivity (Wildman–Crippen MR) is 92.3 cm³/mol. The van der Waals surface area contributed by atoms with E-state index in [4.69, 9.17) is 4.74 Å². The first-order valence-corrected chi connectivity index (χ1v) is 8.67. The smallest absolute Gasteiger partial charge is 0.315 e. The topological polar surface area (TPSA) is 70.7 Å². The molecule has 1 saturated heterocycles. The van der Waals surface area contributed by atoms with Gasteiger partial charge in [-0.05, 0) is 25.0 Å². The average Bonchev–Trinajstić information content (AvgIpc) is 2.96. The maximum absolute atomic E-state index is 12.3. The van der Waals surface area contributed by atoms with Gasteiger partial charge in [-0.25, -0.2) is 4.79 Å². The minimum Gasteiger partial charge on any atom is -0.497 e. The molecule has 1 atom stereocenters. The van der Waals surface area contributed by atoms with E-state index in [1.807, 2.05) is 24.3 Å². The Hall–Kier alpha value is -2.24. The normalized spacial score (nSPS) is 21.6. The molecule has 2 fully saturated rings. The van der Waals surface area contributed by atoms with E-state index in [0.717, 1.165) is 18.5 Å². The number of nitrogens with zero attached hydrogens (tertiary/aromatic N) is 1. The number of urea groups is 1. The Labute approximate surface area is 142 Å². The molecular weight excluding hydrogens is 306 g/mol. The number of ether oxygens (including phenoxy) is 1. The SMILES string of the molecule is COc1cccc(N2C[C@H](NC(=O)NC3CCCCC3)CC2=O)c1. The van der Waals surface area contributed by atoms with Crippen LogP contribution in [0.25, 0.3) is 0 Å². The molecule has 6 nitrogen and oxygen atoms in total. The Morgan fingerprint density at radius 2 is 1.92 bits per heavy atom. The van der Waals surface area contributed by atoms with Gasteiger partial charge in [0.2, 0.25) is 5.91 Å². The van der Waals surface area contributed by atoms with Crippen LogP contribution in [-0.4, -0.2) is 37.7 Å². The van der Waals surface area contributed by atoms with Gasteiger partial charge < -0.3 is 20.3 Å². The molecule has 1 aromatic carbocycles. The molecule has 2 aliphatic rings. The van der Waals surface area contributed by atoms with Gasteiger partial charge in [-0.1, -0.05) is 25.3 Å². The maximum Gasteiger partial charge on any atom is 0.315 e. The van der Waals surface area contributed by atoms with Crippen LogP contribution in [0.1, 0.15) is 38.5 Å². The molecule has 0 aromatic heterocycles. The molecule has 3 rings (SSSR count). The number of rotatable bonds is 4. The molecule has 1 saturated carbocycles. The second-order valence-corrected chi connectivity index (χ2v) is 6.56. The van der Waals surface area contributed by atoms with Crippen LogP contribution in [0, 0.1) is 0 Å². The van der Waals surface area contributed by atoms with Gasteiger partial charge in [-0.3, -0.25) is 4.79 Å². The third-order valence-corrected chi connectivity index (χ3v) is 4.77. The molecule has 3 amide bonds. The fraction of sp³-hybridized carbons (Fsp3) is 0.556. The second kappa shape index (κ2) is 7.55. The number of hydrogen-bond acceptors (Lipinski definition) is 3. The lowest BCUT2D eigenvalue weighted by Crippen LogP contribution is -2.47. The lowest BCUT2D eigenvalue weighted by atomic mass is 9.96.